The van der Waals surface area contributed by atoms with E-state index in [9.17, 15) is 0 Å². The first-order valence-corrected chi connectivity index (χ1v) is 4.89. The van der Waals surface area contributed by atoms with Gasteiger partial charge in [0.15, 0.2) is 0 Å². The Bertz CT molecular complexity index is 158. The Hall–Kier alpha value is -0.160. The summed E-state index contributed by atoms with van der Waals surface area (Å²) < 4.78 is 21.8. The molecule has 0 aliphatic carbocycles. The zero-order valence-electron chi connectivity index (χ0n) is 9.52. The first-order valence-electron chi connectivity index (χ1n) is 4.89. The van der Waals surface area contributed by atoms with E-state index in [0.717, 1.165) is 0 Å². The lowest BCUT2D eigenvalue weighted by Crippen LogP contribution is -2.57. The van der Waals surface area contributed by atoms with Crippen molar-refractivity contribution in [1.82, 2.24) is 0 Å². The second-order valence-corrected chi connectivity index (χ2v) is 3.65. The molecule has 0 aromatic carbocycles. The van der Waals surface area contributed by atoms with Crippen LogP contribution in [-0.4, -0.2) is 51.8 Å². The summed E-state index contributed by atoms with van der Waals surface area (Å²) in [5.41, 5.74) is 0. The molecule has 1 rings (SSSR count). The van der Waals surface area contributed by atoms with Gasteiger partial charge in [0.05, 0.1) is 12.2 Å². The minimum absolute atomic E-state index is 0.0337. The van der Waals surface area contributed by atoms with Crippen LogP contribution in [0, 0.1) is 0 Å². The van der Waals surface area contributed by atoms with Crippen LogP contribution in [0.1, 0.15) is 13.8 Å². The van der Waals surface area contributed by atoms with Crippen molar-refractivity contribution in [2.24, 2.45) is 0 Å². The summed E-state index contributed by atoms with van der Waals surface area (Å²) in [6.45, 7) is 3.98. The first kappa shape index (κ1) is 11.9. The molecule has 14 heavy (non-hydrogen) atoms. The largest absolute Gasteiger partial charge is 0.376 e. The Morgan fingerprint density at radius 3 is 1.36 bits per heavy atom. The topological polar surface area (TPSA) is 36.9 Å². The van der Waals surface area contributed by atoms with Crippen molar-refractivity contribution >= 4 is 0 Å². The maximum atomic E-state index is 5.70. The fourth-order valence-electron chi connectivity index (χ4n) is 2.13. The summed E-state index contributed by atoms with van der Waals surface area (Å²) in [6, 6.07) is 0. The normalized spacial score (nSPS) is 43.9. The van der Waals surface area contributed by atoms with Crippen LogP contribution in [0.3, 0.4) is 0 Å². The summed E-state index contributed by atoms with van der Waals surface area (Å²) in [4.78, 5) is 0. The van der Waals surface area contributed by atoms with Crippen molar-refractivity contribution in [3.05, 3.63) is 0 Å². The molecule has 1 aliphatic rings. The monoisotopic (exact) mass is 204 g/mol. The van der Waals surface area contributed by atoms with Gasteiger partial charge in [0, 0.05) is 21.3 Å². The molecule has 1 saturated heterocycles. The van der Waals surface area contributed by atoms with Gasteiger partial charge < -0.3 is 18.9 Å². The van der Waals surface area contributed by atoms with Gasteiger partial charge in [0.2, 0.25) is 0 Å². The van der Waals surface area contributed by atoms with E-state index < -0.39 is 0 Å². The fraction of sp³-hybridized carbons (Fsp3) is 1.00. The van der Waals surface area contributed by atoms with Gasteiger partial charge >= 0.3 is 0 Å². The molecule has 84 valence electrons. The zero-order valence-corrected chi connectivity index (χ0v) is 9.52. The van der Waals surface area contributed by atoms with Crippen molar-refractivity contribution in [2.45, 2.75) is 44.4 Å². The summed E-state index contributed by atoms with van der Waals surface area (Å²) in [6.07, 6.45) is -0.135. The van der Waals surface area contributed by atoms with Crippen molar-refractivity contribution in [3.8, 4) is 0 Å². The molecule has 5 atom stereocenters. The SMILES string of the molecule is CO[C@@H]1[C@@H](OC)[C@@H](OC)C(C)O[C@H]1C. The van der Waals surface area contributed by atoms with Crippen LogP contribution in [0.25, 0.3) is 0 Å². The van der Waals surface area contributed by atoms with E-state index in [2.05, 4.69) is 0 Å². The van der Waals surface area contributed by atoms with E-state index in [1.165, 1.54) is 0 Å². The third-order valence-electron chi connectivity index (χ3n) is 2.82. The van der Waals surface area contributed by atoms with E-state index in [1.807, 2.05) is 13.8 Å². The Kier molecular flexibility index (Phi) is 4.31. The highest BCUT2D eigenvalue weighted by Crippen LogP contribution is 2.26. The van der Waals surface area contributed by atoms with Gasteiger partial charge in [0.25, 0.3) is 0 Å². The van der Waals surface area contributed by atoms with Crippen LogP contribution in [0.5, 0.6) is 0 Å². The summed E-state index contributed by atoms with van der Waals surface area (Å²) in [5, 5.41) is 0. The summed E-state index contributed by atoms with van der Waals surface area (Å²) in [5.74, 6) is 0. The average molecular weight is 204 g/mol. The molecular formula is C10H20O4. The molecular weight excluding hydrogens is 184 g/mol. The third-order valence-corrected chi connectivity index (χ3v) is 2.82. The molecule has 1 heterocycles. The number of methoxy groups -OCH3 is 3. The molecule has 0 spiro atoms. The van der Waals surface area contributed by atoms with Crippen molar-refractivity contribution in [2.75, 3.05) is 21.3 Å². The smallest absolute Gasteiger partial charge is 0.114 e. The molecule has 1 fully saturated rings. The number of hydrogen-bond acceptors (Lipinski definition) is 4. The Labute approximate surface area is 85.5 Å². The minimum Gasteiger partial charge on any atom is -0.376 e. The Morgan fingerprint density at radius 1 is 0.714 bits per heavy atom. The van der Waals surface area contributed by atoms with Gasteiger partial charge in [-0.05, 0) is 13.8 Å². The Balaban J connectivity index is 2.76. The molecule has 4 nitrogen and oxygen atoms in total. The molecule has 0 aromatic heterocycles. The number of hydrogen-bond donors (Lipinski definition) is 0. The lowest BCUT2D eigenvalue weighted by Gasteiger charge is -2.42. The highest BCUT2D eigenvalue weighted by Gasteiger charge is 2.43. The van der Waals surface area contributed by atoms with Gasteiger partial charge in [-0.3, -0.25) is 0 Å². The molecule has 0 bridgehead atoms. The van der Waals surface area contributed by atoms with Crippen LogP contribution in [0.4, 0.5) is 0 Å². The highest BCUT2D eigenvalue weighted by molar-refractivity contribution is 4.91. The molecule has 0 aromatic rings. The predicted octanol–water partition coefficient (Wildman–Crippen LogP) is 0.839. The second kappa shape index (κ2) is 5.07. The molecule has 1 unspecified atom stereocenters. The fourth-order valence-corrected chi connectivity index (χ4v) is 2.13. The summed E-state index contributed by atoms with van der Waals surface area (Å²) in [7, 11) is 5.01. The number of ether oxygens (including phenoxy) is 4. The first-order chi connectivity index (χ1) is 6.65. The quantitative estimate of drug-likeness (QED) is 0.682. The average Bonchev–Trinajstić information content (AvgIpc) is 2.16. The zero-order chi connectivity index (χ0) is 10.7. The van der Waals surface area contributed by atoms with Crippen LogP contribution >= 0.6 is 0 Å². The van der Waals surface area contributed by atoms with Crippen molar-refractivity contribution < 1.29 is 18.9 Å². The van der Waals surface area contributed by atoms with E-state index in [-0.39, 0.29) is 30.5 Å². The van der Waals surface area contributed by atoms with Gasteiger partial charge in [-0.25, -0.2) is 0 Å². The molecule has 0 N–H and O–H groups in total. The Morgan fingerprint density at radius 2 is 1.07 bits per heavy atom. The second-order valence-electron chi connectivity index (χ2n) is 3.65. The lowest BCUT2D eigenvalue weighted by atomic mass is 9.96. The predicted molar refractivity (Wildman–Crippen MR) is 52.4 cm³/mol. The van der Waals surface area contributed by atoms with Gasteiger partial charge in [-0.15, -0.1) is 0 Å². The van der Waals surface area contributed by atoms with Crippen LogP contribution < -0.4 is 0 Å². The third kappa shape index (κ3) is 2.08. The highest BCUT2D eigenvalue weighted by atomic mass is 16.6. The molecule has 1 aliphatic heterocycles. The minimum atomic E-state index is -0.0684. The van der Waals surface area contributed by atoms with Gasteiger partial charge in [-0.2, -0.15) is 0 Å². The molecule has 0 amide bonds. The van der Waals surface area contributed by atoms with Gasteiger partial charge in [-0.1, -0.05) is 0 Å². The van der Waals surface area contributed by atoms with E-state index in [1.54, 1.807) is 21.3 Å². The van der Waals surface area contributed by atoms with Crippen LogP contribution in [0.15, 0.2) is 0 Å². The molecule has 4 heteroatoms. The van der Waals surface area contributed by atoms with Crippen molar-refractivity contribution in [3.63, 3.8) is 0 Å². The molecule has 0 saturated carbocycles. The lowest BCUT2D eigenvalue weighted by molar-refractivity contribution is -0.233. The summed E-state index contributed by atoms with van der Waals surface area (Å²) >= 11 is 0. The van der Waals surface area contributed by atoms with E-state index >= 15 is 0 Å². The van der Waals surface area contributed by atoms with Crippen molar-refractivity contribution in [1.29, 1.82) is 0 Å². The van der Waals surface area contributed by atoms with Crippen LogP contribution in [0.2, 0.25) is 0 Å². The van der Waals surface area contributed by atoms with E-state index in [4.69, 9.17) is 18.9 Å². The standard InChI is InChI=1S/C10H20O4/c1-6-8(11-3)10(13-5)9(12-4)7(2)14-6/h6-10H,1-5H3/t6-,7?,8-,9-,10+/m0/s1. The number of rotatable bonds is 3. The van der Waals surface area contributed by atoms with Gasteiger partial charge in [0.1, 0.15) is 18.3 Å². The molecule has 0 radical (unpaired) electrons. The van der Waals surface area contributed by atoms with E-state index in [0.29, 0.717) is 0 Å². The van der Waals surface area contributed by atoms with Crippen LogP contribution in [-0.2, 0) is 18.9 Å². The maximum Gasteiger partial charge on any atom is 0.114 e. The maximum absolute atomic E-state index is 5.70.